The van der Waals surface area contributed by atoms with Crippen LogP contribution < -0.4 is 0 Å². The Morgan fingerprint density at radius 1 is 0.294 bits per heavy atom. The van der Waals surface area contributed by atoms with Gasteiger partial charge in [-0.25, -0.2) is 0 Å². The molecule has 0 amide bonds. The summed E-state index contributed by atoms with van der Waals surface area (Å²) in [5.74, 6) is -0.875. The average Bonchev–Trinajstić information content (AvgIpc) is 3.34. The largest absolute Gasteiger partial charge is 0.462 e. The summed E-state index contributed by atoms with van der Waals surface area (Å²) in [6.07, 6.45) is 69.7. The quantitative estimate of drug-likeness (QED) is 0.0262. The molecule has 0 heterocycles. The SMILES string of the molecule is CCCCCCC/C=C\C/C=C\C/C=C\CCCCCCCCCCC(=O)OCC(COC(=O)CCCCCCCCCC)OC(=O)CCCCCCCCCCC/C=C\CCCCCCCC. The van der Waals surface area contributed by atoms with Gasteiger partial charge in [-0.05, 0) is 83.5 Å². The highest BCUT2D eigenvalue weighted by atomic mass is 16.6. The molecule has 396 valence electrons. The van der Waals surface area contributed by atoms with Crippen molar-refractivity contribution in [2.24, 2.45) is 0 Å². The minimum Gasteiger partial charge on any atom is -0.462 e. The van der Waals surface area contributed by atoms with E-state index in [4.69, 9.17) is 14.2 Å². The summed E-state index contributed by atoms with van der Waals surface area (Å²) in [5, 5.41) is 0. The summed E-state index contributed by atoms with van der Waals surface area (Å²) in [6, 6.07) is 0. The average molecular weight is 954 g/mol. The van der Waals surface area contributed by atoms with E-state index in [0.29, 0.717) is 19.3 Å². The molecule has 0 N–H and O–H groups in total. The van der Waals surface area contributed by atoms with E-state index in [2.05, 4.69) is 69.4 Å². The Kier molecular flexibility index (Phi) is 54.8. The normalized spacial score (nSPS) is 12.3. The first-order chi connectivity index (χ1) is 33.5. The Hall–Kier alpha value is -2.63. The van der Waals surface area contributed by atoms with Crippen molar-refractivity contribution >= 4 is 17.9 Å². The molecule has 0 saturated carbocycles. The molecule has 0 radical (unpaired) electrons. The molecule has 0 aromatic heterocycles. The zero-order valence-corrected chi connectivity index (χ0v) is 45.4. The predicted molar refractivity (Wildman–Crippen MR) is 293 cm³/mol. The minimum absolute atomic E-state index is 0.0740. The van der Waals surface area contributed by atoms with Crippen molar-refractivity contribution in [3.05, 3.63) is 48.6 Å². The van der Waals surface area contributed by atoms with Crippen LogP contribution in [0.25, 0.3) is 0 Å². The molecule has 0 bridgehead atoms. The maximum atomic E-state index is 12.8. The number of rotatable bonds is 54. The number of ether oxygens (including phenoxy) is 3. The Morgan fingerprint density at radius 3 is 0.838 bits per heavy atom. The monoisotopic (exact) mass is 953 g/mol. The van der Waals surface area contributed by atoms with Gasteiger partial charge in [-0.3, -0.25) is 14.4 Å². The van der Waals surface area contributed by atoms with E-state index in [0.717, 1.165) is 77.0 Å². The first-order valence-corrected chi connectivity index (χ1v) is 29.6. The molecule has 0 aliphatic heterocycles. The lowest BCUT2D eigenvalue weighted by Crippen LogP contribution is -2.30. The summed E-state index contributed by atoms with van der Waals surface area (Å²) >= 11 is 0. The van der Waals surface area contributed by atoms with Crippen LogP contribution in [-0.2, 0) is 28.6 Å². The van der Waals surface area contributed by atoms with Crippen LogP contribution in [0.4, 0.5) is 0 Å². The lowest BCUT2D eigenvalue weighted by molar-refractivity contribution is -0.167. The van der Waals surface area contributed by atoms with Gasteiger partial charge >= 0.3 is 17.9 Å². The minimum atomic E-state index is -0.774. The molecule has 0 saturated heterocycles. The number of esters is 3. The summed E-state index contributed by atoms with van der Waals surface area (Å²) in [4.78, 5) is 38.0. The summed E-state index contributed by atoms with van der Waals surface area (Å²) in [7, 11) is 0. The van der Waals surface area contributed by atoms with Crippen LogP contribution in [0.3, 0.4) is 0 Å². The molecular formula is C62H112O6. The van der Waals surface area contributed by atoms with Crippen LogP contribution in [0.2, 0.25) is 0 Å². The molecule has 0 aromatic carbocycles. The zero-order valence-electron chi connectivity index (χ0n) is 45.4. The third-order valence-corrected chi connectivity index (χ3v) is 13.1. The third kappa shape index (κ3) is 54.3. The van der Waals surface area contributed by atoms with E-state index in [-0.39, 0.29) is 31.1 Å². The molecule has 1 atom stereocenters. The van der Waals surface area contributed by atoms with Gasteiger partial charge in [-0.1, -0.05) is 256 Å². The molecular weight excluding hydrogens is 841 g/mol. The van der Waals surface area contributed by atoms with Crippen molar-refractivity contribution < 1.29 is 28.6 Å². The van der Waals surface area contributed by atoms with Crippen LogP contribution in [0.1, 0.15) is 310 Å². The molecule has 6 nitrogen and oxygen atoms in total. The van der Waals surface area contributed by atoms with E-state index >= 15 is 0 Å². The van der Waals surface area contributed by atoms with Gasteiger partial charge in [0.05, 0.1) is 0 Å². The van der Waals surface area contributed by atoms with Gasteiger partial charge in [0.1, 0.15) is 13.2 Å². The van der Waals surface area contributed by atoms with Gasteiger partial charge in [0, 0.05) is 19.3 Å². The van der Waals surface area contributed by atoms with Crippen molar-refractivity contribution in [3.8, 4) is 0 Å². The van der Waals surface area contributed by atoms with Crippen LogP contribution in [0.5, 0.6) is 0 Å². The second kappa shape index (κ2) is 57.0. The highest BCUT2D eigenvalue weighted by Gasteiger charge is 2.19. The number of allylic oxidation sites excluding steroid dienone is 8. The Balaban J connectivity index is 4.22. The van der Waals surface area contributed by atoms with E-state index in [1.54, 1.807) is 0 Å². The summed E-state index contributed by atoms with van der Waals surface area (Å²) in [6.45, 7) is 6.62. The maximum Gasteiger partial charge on any atom is 0.306 e. The maximum absolute atomic E-state index is 12.8. The number of hydrogen-bond donors (Lipinski definition) is 0. The predicted octanol–water partition coefficient (Wildman–Crippen LogP) is 19.8. The van der Waals surface area contributed by atoms with Crippen LogP contribution in [0.15, 0.2) is 48.6 Å². The van der Waals surface area contributed by atoms with Crippen molar-refractivity contribution in [1.29, 1.82) is 0 Å². The molecule has 0 aliphatic carbocycles. The van der Waals surface area contributed by atoms with Crippen LogP contribution in [0, 0.1) is 0 Å². The Labute approximate surface area is 422 Å². The van der Waals surface area contributed by atoms with Gasteiger partial charge in [-0.2, -0.15) is 0 Å². The lowest BCUT2D eigenvalue weighted by atomic mass is 10.1. The second-order valence-corrected chi connectivity index (χ2v) is 19.9. The molecule has 0 aliphatic rings. The first-order valence-electron chi connectivity index (χ1n) is 29.6. The molecule has 0 rings (SSSR count). The fourth-order valence-electron chi connectivity index (χ4n) is 8.56. The molecule has 0 aromatic rings. The Morgan fingerprint density at radius 2 is 0.529 bits per heavy atom. The Bertz CT molecular complexity index is 1190. The lowest BCUT2D eigenvalue weighted by Gasteiger charge is -2.18. The van der Waals surface area contributed by atoms with Gasteiger partial charge < -0.3 is 14.2 Å². The van der Waals surface area contributed by atoms with Crippen molar-refractivity contribution in [2.75, 3.05) is 13.2 Å². The van der Waals surface area contributed by atoms with Gasteiger partial charge in [-0.15, -0.1) is 0 Å². The third-order valence-electron chi connectivity index (χ3n) is 13.1. The van der Waals surface area contributed by atoms with Crippen molar-refractivity contribution in [3.63, 3.8) is 0 Å². The highest BCUT2D eigenvalue weighted by molar-refractivity contribution is 5.71. The molecule has 0 fully saturated rings. The molecule has 1 unspecified atom stereocenters. The highest BCUT2D eigenvalue weighted by Crippen LogP contribution is 2.16. The topological polar surface area (TPSA) is 78.9 Å². The van der Waals surface area contributed by atoms with E-state index in [9.17, 15) is 14.4 Å². The molecule has 6 heteroatoms. The van der Waals surface area contributed by atoms with Gasteiger partial charge in [0.2, 0.25) is 0 Å². The number of carbonyl (C=O) groups is 3. The van der Waals surface area contributed by atoms with Crippen molar-refractivity contribution in [2.45, 2.75) is 316 Å². The van der Waals surface area contributed by atoms with E-state index in [1.165, 1.54) is 193 Å². The molecule has 68 heavy (non-hydrogen) atoms. The zero-order chi connectivity index (χ0) is 49.3. The van der Waals surface area contributed by atoms with Crippen LogP contribution >= 0.6 is 0 Å². The summed E-state index contributed by atoms with van der Waals surface area (Å²) in [5.41, 5.74) is 0. The number of hydrogen-bond acceptors (Lipinski definition) is 6. The van der Waals surface area contributed by atoms with Crippen molar-refractivity contribution in [1.82, 2.24) is 0 Å². The van der Waals surface area contributed by atoms with Crippen LogP contribution in [-0.4, -0.2) is 37.2 Å². The van der Waals surface area contributed by atoms with Gasteiger partial charge in [0.15, 0.2) is 6.10 Å². The first kappa shape index (κ1) is 65.4. The van der Waals surface area contributed by atoms with E-state index < -0.39 is 6.10 Å². The molecule has 0 spiro atoms. The number of carbonyl (C=O) groups excluding carboxylic acids is 3. The fourth-order valence-corrected chi connectivity index (χ4v) is 8.56. The standard InChI is InChI=1S/C62H112O6/c1-4-7-10-13-16-19-21-23-25-27-29-30-31-32-34-35-37-39-41-43-46-49-52-55-61(64)67-58-59(57-66-60(63)54-51-48-45-18-15-12-9-6-3)68-62(65)56-53-50-47-44-42-40-38-36-33-28-26-24-22-20-17-14-11-8-5-2/h21,23-24,26-27,29,31-32,59H,4-20,22,25,28,30,33-58H2,1-3H3/b23-21-,26-24-,29-27-,32-31-. The fraction of sp³-hybridized carbons (Fsp3) is 0.823. The summed E-state index contributed by atoms with van der Waals surface area (Å²) < 4.78 is 16.8. The second-order valence-electron chi connectivity index (χ2n) is 19.9. The number of unbranched alkanes of at least 4 members (excludes halogenated alkanes) is 35. The van der Waals surface area contributed by atoms with E-state index in [1.807, 2.05) is 0 Å². The smallest absolute Gasteiger partial charge is 0.306 e. The van der Waals surface area contributed by atoms with Gasteiger partial charge in [0.25, 0.3) is 0 Å².